The van der Waals surface area contributed by atoms with Crippen LogP contribution in [0.3, 0.4) is 0 Å². The molecule has 100 valence electrons. The average Bonchev–Trinajstić information content (AvgIpc) is 2.38. The van der Waals surface area contributed by atoms with Crippen molar-refractivity contribution in [1.29, 1.82) is 0 Å². The van der Waals surface area contributed by atoms with Gasteiger partial charge in [-0.15, -0.1) is 0 Å². The molecule has 1 unspecified atom stereocenters. The van der Waals surface area contributed by atoms with Crippen molar-refractivity contribution < 1.29 is 0 Å². The number of halogens is 1. The van der Waals surface area contributed by atoms with Crippen LogP contribution in [0.15, 0.2) is 0 Å². The first-order chi connectivity index (χ1) is 8.63. The van der Waals surface area contributed by atoms with E-state index in [2.05, 4.69) is 44.0 Å². The number of rotatable bonds is 3. The molecule has 0 saturated carbocycles. The van der Waals surface area contributed by atoms with E-state index >= 15 is 0 Å². The molecule has 1 aliphatic heterocycles. The van der Waals surface area contributed by atoms with Crippen LogP contribution < -0.4 is 10.2 Å². The summed E-state index contributed by atoms with van der Waals surface area (Å²) in [6.45, 7) is 5.05. The Morgan fingerprint density at radius 3 is 2.78 bits per heavy atom. The molecule has 1 saturated heterocycles. The minimum absolute atomic E-state index is 0.233. The zero-order valence-electron chi connectivity index (χ0n) is 11.0. The lowest BCUT2D eigenvalue weighted by Gasteiger charge is -2.39. The van der Waals surface area contributed by atoms with Crippen LogP contribution in [-0.4, -0.2) is 59.6 Å². The van der Waals surface area contributed by atoms with Crippen molar-refractivity contribution in [3.05, 3.63) is 5.28 Å². The van der Waals surface area contributed by atoms with E-state index in [1.165, 1.54) is 0 Å². The smallest absolute Gasteiger partial charge is 0.231 e. The van der Waals surface area contributed by atoms with E-state index < -0.39 is 0 Å². The van der Waals surface area contributed by atoms with E-state index in [0.717, 1.165) is 26.1 Å². The quantitative estimate of drug-likeness (QED) is 0.888. The number of anilines is 2. The standard InChI is InChI=1S/C11H19ClN6/c1-4-8-7-18(6-5-17(8)3)11-15-9(12)14-10(13-2)16-11/h8H,4-7H2,1-3H3,(H,13,14,15,16). The Kier molecular flexibility index (Phi) is 4.19. The lowest BCUT2D eigenvalue weighted by molar-refractivity contribution is 0.212. The van der Waals surface area contributed by atoms with Crippen LogP contribution in [0.2, 0.25) is 5.28 Å². The molecule has 6 nitrogen and oxygen atoms in total. The minimum atomic E-state index is 0.233. The van der Waals surface area contributed by atoms with E-state index in [9.17, 15) is 0 Å². The molecule has 2 heterocycles. The van der Waals surface area contributed by atoms with Gasteiger partial charge in [-0.2, -0.15) is 15.0 Å². The van der Waals surface area contributed by atoms with Gasteiger partial charge in [0.1, 0.15) is 0 Å². The maximum Gasteiger partial charge on any atom is 0.231 e. The van der Waals surface area contributed by atoms with Gasteiger partial charge >= 0.3 is 0 Å². The van der Waals surface area contributed by atoms with Crippen LogP contribution in [0.25, 0.3) is 0 Å². The summed E-state index contributed by atoms with van der Waals surface area (Å²) in [5, 5.41) is 3.13. The zero-order chi connectivity index (χ0) is 13.1. The van der Waals surface area contributed by atoms with Gasteiger partial charge in [-0.25, -0.2) is 0 Å². The van der Waals surface area contributed by atoms with E-state index in [1.807, 2.05) is 0 Å². The molecule has 1 aliphatic rings. The Morgan fingerprint density at radius 1 is 1.33 bits per heavy atom. The fourth-order valence-electron chi connectivity index (χ4n) is 2.16. The predicted octanol–water partition coefficient (Wildman–Crippen LogP) is 1.10. The topological polar surface area (TPSA) is 57.2 Å². The summed E-state index contributed by atoms with van der Waals surface area (Å²) in [5.74, 6) is 1.17. The Balaban J connectivity index is 2.18. The molecule has 0 aliphatic carbocycles. The summed E-state index contributed by atoms with van der Waals surface area (Å²) >= 11 is 5.91. The van der Waals surface area contributed by atoms with Gasteiger partial charge in [0, 0.05) is 32.7 Å². The Bertz CT molecular complexity index is 413. The molecule has 1 fully saturated rings. The van der Waals surface area contributed by atoms with Gasteiger partial charge < -0.3 is 10.2 Å². The number of hydrogen-bond donors (Lipinski definition) is 1. The number of likely N-dealkylation sites (N-methyl/N-ethyl adjacent to an activating group) is 1. The summed E-state index contributed by atoms with van der Waals surface area (Å²) in [6, 6.07) is 0.535. The third kappa shape index (κ3) is 2.81. The molecular formula is C11H19ClN6. The van der Waals surface area contributed by atoms with Crippen molar-refractivity contribution in [3.63, 3.8) is 0 Å². The van der Waals surface area contributed by atoms with Crippen molar-refractivity contribution >= 4 is 23.5 Å². The lowest BCUT2D eigenvalue weighted by atomic mass is 10.1. The number of nitrogens with one attached hydrogen (secondary N) is 1. The fourth-order valence-corrected chi connectivity index (χ4v) is 2.32. The Morgan fingerprint density at radius 2 is 2.11 bits per heavy atom. The third-order valence-electron chi connectivity index (χ3n) is 3.35. The molecule has 0 spiro atoms. The summed E-state index contributed by atoms with van der Waals surface area (Å²) in [7, 11) is 3.93. The molecule has 0 radical (unpaired) electrons. The van der Waals surface area contributed by atoms with E-state index in [4.69, 9.17) is 11.6 Å². The minimum Gasteiger partial charge on any atom is -0.357 e. The maximum atomic E-state index is 5.91. The summed E-state index contributed by atoms with van der Waals surface area (Å²) in [5.41, 5.74) is 0. The van der Waals surface area contributed by atoms with Gasteiger partial charge in [-0.3, -0.25) is 4.90 Å². The second-order valence-corrected chi connectivity index (χ2v) is 4.80. The monoisotopic (exact) mass is 270 g/mol. The van der Waals surface area contributed by atoms with Gasteiger partial charge in [0.05, 0.1) is 0 Å². The number of piperazine rings is 1. The van der Waals surface area contributed by atoms with E-state index in [-0.39, 0.29) is 5.28 Å². The highest BCUT2D eigenvalue weighted by Gasteiger charge is 2.25. The summed E-state index contributed by atoms with van der Waals surface area (Å²) in [4.78, 5) is 17.1. The first-order valence-corrected chi connectivity index (χ1v) is 6.56. The lowest BCUT2D eigenvalue weighted by Crippen LogP contribution is -2.51. The number of hydrogen-bond acceptors (Lipinski definition) is 6. The molecule has 2 rings (SSSR count). The zero-order valence-corrected chi connectivity index (χ0v) is 11.8. The Hall–Kier alpha value is -1.14. The molecule has 0 amide bonds. The average molecular weight is 271 g/mol. The van der Waals surface area contributed by atoms with E-state index in [0.29, 0.717) is 17.9 Å². The first kappa shape index (κ1) is 13.3. The van der Waals surface area contributed by atoms with Crippen molar-refractivity contribution in [2.45, 2.75) is 19.4 Å². The van der Waals surface area contributed by atoms with Gasteiger partial charge in [0.15, 0.2) is 0 Å². The van der Waals surface area contributed by atoms with Crippen molar-refractivity contribution in [2.75, 3.05) is 43.9 Å². The second kappa shape index (κ2) is 5.67. The van der Waals surface area contributed by atoms with Crippen LogP contribution in [0.4, 0.5) is 11.9 Å². The molecule has 1 atom stereocenters. The van der Waals surface area contributed by atoms with Crippen LogP contribution in [0, 0.1) is 0 Å². The normalized spacial score (nSPS) is 21.1. The summed E-state index contributed by atoms with van der Waals surface area (Å²) in [6.07, 6.45) is 1.12. The molecule has 7 heteroatoms. The second-order valence-electron chi connectivity index (χ2n) is 4.47. The first-order valence-electron chi connectivity index (χ1n) is 6.18. The maximum absolute atomic E-state index is 5.91. The van der Waals surface area contributed by atoms with Gasteiger partial charge in [-0.05, 0) is 25.1 Å². The van der Waals surface area contributed by atoms with Crippen LogP contribution >= 0.6 is 11.6 Å². The SMILES string of the molecule is CCC1CN(c2nc(Cl)nc(NC)n2)CCN1C. The van der Waals surface area contributed by atoms with Crippen LogP contribution in [0.5, 0.6) is 0 Å². The fraction of sp³-hybridized carbons (Fsp3) is 0.727. The molecule has 0 bridgehead atoms. The number of nitrogens with zero attached hydrogens (tertiary/aromatic N) is 5. The summed E-state index contributed by atoms with van der Waals surface area (Å²) < 4.78 is 0. The highest BCUT2D eigenvalue weighted by Crippen LogP contribution is 2.18. The molecule has 1 N–H and O–H groups in total. The molecule has 18 heavy (non-hydrogen) atoms. The highest BCUT2D eigenvalue weighted by molar-refractivity contribution is 6.28. The third-order valence-corrected chi connectivity index (χ3v) is 3.52. The molecule has 1 aromatic heterocycles. The highest BCUT2D eigenvalue weighted by atomic mass is 35.5. The molecule has 0 aromatic carbocycles. The predicted molar refractivity (Wildman–Crippen MR) is 73.3 cm³/mol. The van der Waals surface area contributed by atoms with Gasteiger partial charge in [-0.1, -0.05) is 6.92 Å². The Labute approximate surface area is 112 Å². The van der Waals surface area contributed by atoms with Crippen LogP contribution in [-0.2, 0) is 0 Å². The molecule has 1 aromatic rings. The molecular weight excluding hydrogens is 252 g/mol. The van der Waals surface area contributed by atoms with Crippen molar-refractivity contribution in [2.24, 2.45) is 0 Å². The largest absolute Gasteiger partial charge is 0.357 e. The van der Waals surface area contributed by atoms with Gasteiger partial charge in [0.25, 0.3) is 0 Å². The number of aromatic nitrogens is 3. The van der Waals surface area contributed by atoms with Crippen LogP contribution in [0.1, 0.15) is 13.3 Å². The van der Waals surface area contributed by atoms with Crippen molar-refractivity contribution in [1.82, 2.24) is 19.9 Å². The van der Waals surface area contributed by atoms with Gasteiger partial charge in [0.2, 0.25) is 17.2 Å². The van der Waals surface area contributed by atoms with Crippen molar-refractivity contribution in [3.8, 4) is 0 Å². The van der Waals surface area contributed by atoms with E-state index in [1.54, 1.807) is 7.05 Å².